The van der Waals surface area contributed by atoms with Crippen molar-refractivity contribution in [2.75, 3.05) is 19.6 Å². The number of aliphatic imine (C=N–C) groups is 1. The molecule has 0 spiro atoms. The average molecular weight is 453 g/mol. The highest BCUT2D eigenvalue weighted by molar-refractivity contribution is 14.0. The third-order valence-corrected chi connectivity index (χ3v) is 4.55. The first kappa shape index (κ1) is 19.8. The number of nitrogens with zero attached hydrogens (tertiary/aromatic N) is 4. The minimum atomic E-state index is 0. The van der Waals surface area contributed by atoms with Crippen LogP contribution < -0.4 is 5.32 Å². The van der Waals surface area contributed by atoms with E-state index < -0.39 is 0 Å². The smallest absolute Gasteiger partial charge is 0.194 e. The molecule has 2 aromatic rings. The van der Waals surface area contributed by atoms with E-state index >= 15 is 0 Å². The first-order chi connectivity index (χ1) is 11.7. The number of halogens is 1. The van der Waals surface area contributed by atoms with Gasteiger partial charge in [-0.25, -0.2) is 4.99 Å². The minimum absolute atomic E-state index is 0. The van der Waals surface area contributed by atoms with Gasteiger partial charge in [0.1, 0.15) is 0 Å². The molecule has 1 aliphatic rings. The molecule has 0 bridgehead atoms. The molecule has 1 unspecified atom stereocenters. The highest BCUT2D eigenvalue weighted by Gasteiger charge is 2.26. The van der Waals surface area contributed by atoms with Crippen LogP contribution in [0.2, 0.25) is 0 Å². The van der Waals surface area contributed by atoms with Crippen molar-refractivity contribution in [2.24, 2.45) is 12.0 Å². The number of guanidine groups is 1. The number of aryl methyl sites for hydroxylation is 2. The molecular weight excluding hydrogens is 425 g/mol. The molecule has 1 atom stereocenters. The van der Waals surface area contributed by atoms with Gasteiger partial charge in [0.15, 0.2) is 5.96 Å². The molecule has 0 aliphatic carbocycles. The highest BCUT2D eigenvalue weighted by atomic mass is 127. The van der Waals surface area contributed by atoms with E-state index in [0.29, 0.717) is 5.92 Å². The van der Waals surface area contributed by atoms with Crippen molar-refractivity contribution in [2.45, 2.75) is 32.7 Å². The maximum atomic E-state index is 4.84. The third kappa shape index (κ3) is 5.20. The van der Waals surface area contributed by atoms with E-state index in [1.54, 1.807) is 0 Å². The second kappa shape index (κ2) is 9.22. The van der Waals surface area contributed by atoms with Crippen LogP contribution in [0.5, 0.6) is 0 Å². The van der Waals surface area contributed by atoms with Crippen LogP contribution in [0.15, 0.2) is 41.7 Å². The van der Waals surface area contributed by atoms with Crippen molar-refractivity contribution in [1.29, 1.82) is 0 Å². The van der Waals surface area contributed by atoms with Gasteiger partial charge in [-0.15, -0.1) is 24.0 Å². The van der Waals surface area contributed by atoms with Crippen molar-refractivity contribution < 1.29 is 0 Å². The number of rotatable bonds is 4. The van der Waals surface area contributed by atoms with Crippen LogP contribution in [0.1, 0.15) is 36.0 Å². The van der Waals surface area contributed by atoms with Gasteiger partial charge in [0, 0.05) is 38.8 Å². The zero-order chi connectivity index (χ0) is 16.9. The van der Waals surface area contributed by atoms with Gasteiger partial charge in [-0.3, -0.25) is 4.68 Å². The first-order valence-electron chi connectivity index (χ1n) is 8.73. The van der Waals surface area contributed by atoms with Gasteiger partial charge in [0.2, 0.25) is 0 Å². The second-order valence-corrected chi connectivity index (χ2v) is 6.53. The van der Waals surface area contributed by atoms with E-state index in [-0.39, 0.29) is 24.0 Å². The van der Waals surface area contributed by atoms with Crippen molar-refractivity contribution in [1.82, 2.24) is 20.0 Å². The molecule has 136 valence electrons. The minimum Gasteiger partial charge on any atom is -0.357 e. The van der Waals surface area contributed by atoms with Crippen molar-refractivity contribution in [3.05, 3.63) is 53.3 Å². The van der Waals surface area contributed by atoms with Gasteiger partial charge in [0.05, 0.1) is 12.7 Å². The molecule has 0 saturated carbocycles. The summed E-state index contributed by atoms with van der Waals surface area (Å²) in [5.41, 5.74) is 3.86. The van der Waals surface area contributed by atoms with Crippen molar-refractivity contribution >= 4 is 29.9 Å². The molecule has 1 saturated heterocycles. The summed E-state index contributed by atoms with van der Waals surface area (Å²) < 4.78 is 1.88. The van der Waals surface area contributed by atoms with Crippen LogP contribution in [0.25, 0.3) is 0 Å². The number of benzene rings is 1. The molecule has 5 nitrogen and oxygen atoms in total. The lowest BCUT2D eigenvalue weighted by Gasteiger charge is -2.21. The molecule has 1 N–H and O–H groups in total. The average Bonchev–Trinajstić information content (AvgIpc) is 3.22. The Labute approximate surface area is 167 Å². The second-order valence-electron chi connectivity index (χ2n) is 6.53. The Morgan fingerprint density at radius 3 is 2.72 bits per heavy atom. The SMILES string of the molecule is CCNC(=NCc1ccc(C)cc1)N1CCC(c2cnn(C)c2)C1.I. The van der Waals surface area contributed by atoms with Crippen LogP contribution in [0.4, 0.5) is 0 Å². The Balaban J connectivity index is 0.00000225. The molecule has 25 heavy (non-hydrogen) atoms. The molecule has 0 radical (unpaired) electrons. The largest absolute Gasteiger partial charge is 0.357 e. The summed E-state index contributed by atoms with van der Waals surface area (Å²) >= 11 is 0. The summed E-state index contributed by atoms with van der Waals surface area (Å²) in [4.78, 5) is 7.21. The van der Waals surface area contributed by atoms with Gasteiger partial charge in [-0.05, 0) is 31.4 Å². The molecule has 1 aromatic heterocycles. The Morgan fingerprint density at radius 1 is 1.32 bits per heavy atom. The Bertz CT molecular complexity index is 692. The van der Waals surface area contributed by atoms with Gasteiger partial charge in [-0.1, -0.05) is 29.8 Å². The Kier molecular flexibility index (Phi) is 7.28. The monoisotopic (exact) mass is 453 g/mol. The topological polar surface area (TPSA) is 45.5 Å². The van der Waals surface area contributed by atoms with E-state index in [9.17, 15) is 0 Å². The van der Waals surface area contributed by atoms with Crippen LogP contribution in [-0.2, 0) is 13.6 Å². The van der Waals surface area contributed by atoms with Gasteiger partial charge >= 0.3 is 0 Å². The predicted molar refractivity (Wildman–Crippen MR) is 114 cm³/mol. The number of nitrogens with one attached hydrogen (secondary N) is 1. The summed E-state index contributed by atoms with van der Waals surface area (Å²) in [6, 6.07) is 8.60. The van der Waals surface area contributed by atoms with E-state index in [0.717, 1.165) is 38.6 Å². The zero-order valence-electron chi connectivity index (χ0n) is 15.3. The standard InChI is InChI=1S/C19H27N5.HI/c1-4-20-19(21-11-16-7-5-15(2)6-8-16)24-10-9-17(14-24)18-12-22-23(3)13-18;/h5-8,12-13,17H,4,9-11,14H2,1-3H3,(H,20,21);1H. The molecule has 0 amide bonds. The summed E-state index contributed by atoms with van der Waals surface area (Å²) in [7, 11) is 1.98. The van der Waals surface area contributed by atoms with Crippen LogP contribution in [0, 0.1) is 6.92 Å². The van der Waals surface area contributed by atoms with Gasteiger partial charge < -0.3 is 10.2 Å². The van der Waals surface area contributed by atoms with Crippen LogP contribution in [-0.4, -0.2) is 40.3 Å². The molecular formula is C19H28IN5. The number of aromatic nitrogens is 2. The lowest BCUT2D eigenvalue weighted by Crippen LogP contribution is -2.40. The number of likely N-dealkylation sites (tertiary alicyclic amines) is 1. The molecule has 1 aliphatic heterocycles. The normalized spacial score (nSPS) is 17.5. The highest BCUT2D eigenvalue weighted by Crippen LogP contribution is 2.26. The Morgan fingerprint density at radius 2 is 2.08 bits per heavy atom. The van der Waals surface area contributed by atoms with Crippen molar-refractivity contribution in [3.8, 4) is 0 Å². The van der Waals surface area contributed by atoms with Crippen LogP contribution in [0.3, 0.4) is 0 Å². The zero-order valence-corrected chi connectivity index (χ0v) is 17.6. The molecule has 1 aromatic carbocycles. The van der Waals surface area contributed by atoms with E-state index in [4.69, 9.17) is 4.99 Å². The summed E-state index contributed by atoms with van der Waals surface area (Å²) in [6.45, 7) is 7.89. The number of hydrogen-bond acceptors (Lipinski definition) is 2. The molecule has 6 heteroatoms. The maximum Gasteiger partial charge on any atom is 0.194 e. The fourth-order valence-electron chi connectivity index (χ4n) is 3.16. The summed E-state index contributed by atoms with van der Waals surface area (Å²) in [5, 5.41) is 7.74. The molecule has 3 rings (SSSR count). The fraction of sp³-hybridized carbons (Fsp3) is 0.474. The Hall–Kier alpha value is -1.57. The first-order valence-corrected chi connectivity index (χ1v) is 8.73. The van der Waals surface area contributed by atoms with E-state index in [1.807, 2.05) is 17.9 Å². The predicted octanol–water partition coefficient (Wildman–Crippen LogP) is 3.30. The fourth-order valence-corrected chi connectivity index (χ4v) is 3.16. The van der Waals surface area contributed by atoms with E-state index in [2.05, 4.69) is 59.6 Å². The maximum absolute atomic E-state index is 4.84. The lowest BCUT2D eigenvalue weighted by molar-refractivity contribution is 0.486. The van der Waals surface area contributed by atoms with Gasteiger partial charge in [-0.2, -0.15) is 5.10 Å². The third-order valence-electron chi connectivity index (χ3n) is 4.55. The molecule has 2 heterocycles. The van der Waals surface area contributed by atoms with E-state index in [1.165, 1.54) is 16.7 Å². The summed E-state index contributed by atoms with van der Waals surface area (Å²) in [6.07, 6.45) is 5.27. The quantitative estimate of drug-likeness (QED) is 0.439. The summed E-state index contributed by atoms with van der Waals surface area (Å²) in [5.74, 6) is 1.56. The van der Waals surface area contributed by atoms with Gasteiger partial charge in [0.25, 0.3) is 0 Å². The van der Waals surface area contributed by atoms with Crippen LogP contribution >= 0.6 is 24.0 Å². The lowest BCUT2D eigenvalue weighted by atomic mass is 10.0. The number of hydrogen-bond donors (Lipinski definition) is 1. The molecule has 1 fully saturated rings. The van der Waals surface area contributed by atoms with Crippen molar-refractivity contribution in [3.63, 3.8) is 0 Å².